The topological polar surface area (TPSA) is 21.6 Å². The fourth-order valence-electron chi connectivity index (χ4n) is 0.528. The van der Waals surface area contributed by atoms with Crippen LogP contribution < -0.4 is 0 Å². The van der Waals surface area contributed by atoms with E-state index in [2.05, 4.69) is 18.8 Å². The van der Waals surface area contributed by atoms with E-state index in [0.29, 0.717) is 5.90 Å². The molecule has 0 amide bonds. The summed E-state index contributed by atoms with van der Waals surface area (Å²) in [7, 11) is 3.35. The number of allylic oxidation sites excluding steroid dienone is 1. The molecular weight excluding hydrogens is 126 g/mol. The van der Waals surface area contributed by atoms with E-state index in [1.54, 1.807) is 14.2 Å². The van der Waals surface area contributed by atoms with Crippen LogP contribution in [0.5, 0.6) is 0 Å². The third-order valence-electron chi connectivity index (χ3n) is 1.36. The minimum atomic E-state index is 0.694. The van der Waals surface area contributed by atoms with Gasteiger partial charge in [0.25, 0.3) is 0 Å². The number of aliphatic imine (C=N–C) groups is 1. The van der Waals surface area contributed by atoms with E-state index in [-0.39, 0.29) is 0 Å². The van der Waals surface area contributed by atoms with Crippen LogP contribution in [0.15, 0.2) is 16.6 Å². The highest BCUT2D eigenvalue weighted by Gasteiger charge is 1.90. The Morgan fingerprint density at radius 1 is 1.60 bits per heavy atom. The Bertz CT molecular complexity index is 147. The molecule has 0 fully saturated rings. The van der Waals surface area contributed by atoms with Crippen LogP contribution in [-0.2, 0) is 4.74 Å². The van der Waals surface area contributed by atoms with E-state index in [1.165, 1.54) is 5.57 Å². The zero-order valence-corrected chi connectivity index (χ0v) is 7.14. The first-order valence-corrected chi connectivity index (χ1v) is 3.42. The van der Waals surface area contributed by atoms with Crippen LogP contribution in [0, 0.1) is 0 Å². The molecule has 0 bridgehead atoms. The number of methoxy groups -OCH3 is 1. The van der Waals surface area contributed by atoms with Gasteiger partial charge in [-0.05, 0) is 19.4 Å². The lowest BCUT2D eigenvalue weighted by atomic mass is 10.2. The highest BCUT2D eigenvalue weighted by Crippen LogP contribution is 1.98. The number of ether oxygens (including phenoxy) is 1. The smallest absolute Gasteiger partial charge is 0.207 e. The average Bonchev–Trinajstić information content (AvgIpc) is 1.99. The zero-order valence-electron chi connectivity index (χ0n) is 7.14. The summed E-state index contributed by atoms with van der Waals surface area (Å²) in [6.07, 6.45) is 2.99. The maximum Gasteiger partial charge on any atom is 0.207 e. The highest BCUT2D eigenvalue weighted by atomic mass is 16.5. The molecule has 0 unspecified atom stereocenters. The molecule has 0 aliphatic rings. The molecule has 58 valence electrons. The molecule has 0 radical (unpaired) electrons. The van der Waals surface area contributed by atoms with Gasteiger partial charge in [-0.1, -0.05) is 12.5 Å². The SMILES string of the molecule is CC/C(C)=C\C(=NC)OC. The lowest BCUT2D eigenvalue weighted by Crippen LogP contribution is -1.96. The molecular formula is C8H15NO. The molecule has 0 rings (SSSR count). The fourth-order valence-corrected chi connectivity index (χ4v) is 0.528. The Kier molecular flexibility index (Phi) is 4.63. The average molecular weight is 141 g/mol. The minimum Gasteiger partial charge on any atom is -0.481 e. The van der Waals surface area contributed by atoms with Crippen LogP contribution in [0.25, 0.3) is 0 Å². The van der Waals surface area contributed by atoms with Gasteiger partial charge in [0.2, 0.25) is 5.90 Å². The standard InChI is InChI=1S/C8H15NO/c1-5-7(2)6-8(9-3)10-4/h6H,5H2,1-4H3/b7-6-,9-8?. The van der Waals surface area contributed by atoms with Crippen LogP contribution in [0.3, 0.4) is 0 Å². The van der Waals surface area contributed by atoms with E-state index < -0.39 is 0 Å². The molecule has 0 aromatic carbocycles. The van der Waals surface area contributed by atoms with E-state index >= 15 is 0 Å². The van der Waals surface area contributed by atoms with Gasteiger partial charge in [-0.15, -0.1) is 0 Å². The quantitative estimate of drug-likeness (QED) is 0.426. The summed E-state index contributed by atoms with van der Waals surface area (Å²) in [5.41, 5.74) is 1.28. The molecule has 0 spiro atoms. The monoisotopic (exact) mass is 141 g/mol. The van der Waals surface area contributed by atoms with Crippen LogP contribution in [-0.4, -0.2) is 20.1 Å². The summed E-state index contributed by atoms with van der Waals surface area (Å²) in [4.78, 5) is 3.91. The normalized spacial score (nSPS) is 13.6. The summed E-state index contributed by atoms with van der Waals surface area (Å²) in [6.45, 7) is 4.17. The Morgan fingerprint density at radius 3 is 2.50 bits per heavy atom. The molecule has 0 heterocycles. The summed E-state index contributed by atoms with van der Waals surface area (Å²) < 4.78 is 4.95. The van der Waals surface area contributed by atoms with Crippen molar-refractivity contribution < 1.29 is 4.74 Å². The van der Waals surface area contributed by atoms with Gasteiger partial charge in [-0.3, -0.25) is 4.99 Å². The number of nitrogens with zero attached hydrogens (tertiary/aromatic N) is 1. The molecule has 2 nitrogen and oxygen atoms in total. The van der Waals surface area contributed by atoms with Gasteiger partial charge >= 0.3 is 0 Å². The third kappa shape index (κ3) is 3.28. The fraction of sp³-hybridized carbons (Fsp3) is 0.625. The largest absolute Gasteiger partial charge is 0.481 e. The van der Waals surface area contributed by atoms with Gasteiger partial charge in [0.15, 0.2) is 0 Å². The summed E-state index contributed by atoms with van der Waals surface area (Å²) in [5.74, 6) is 0.694. The molecule has 0 N–H and O–H groups in total. The van der Waals surface area contributed by atoms with Crippen LogP contribution in [0.2, 0.25) is 0 Å². The first kappa shape index (κ1) is 9.21. The van der Waals surface area contributed by atoms with Crippen molar-refractivity contribution in [3.8, 4) is 0 Å². The van der Waals surface area contributed by atoms with Crippen LogP contribution >= 0.6 is 0 Å². The molecule has 0 aliphatic heterocycles. The highest BCUT2D eigenvalue weighted by molar-refractivity contribution is 5.87. The molecule has 10 heavy (non-hydrogen) atoms. The van der Waals surface area contributed by atoms with E-state index in [0.717, 1.165) is 6.42 Å². The lowest BCUT2D eigenvalue weighted by molar-refractivity contribution is 0.406. The Balaban J connectivity index is 4.08. The van der Waals surface area contributed by atoms with Gasteiger partial charge in [-0.2, -0.15) is 0 Å². The maximum atomic E-state index is 4.95. The summed E-state index contributed by atoms with van der Waals surface area (Å²) in [5, 5.41) is 0. The summed E-state index contributed by atoms with van der Waals surface area (Å²) >= 11 is 0. The maximum absolute atomic E-state index is 4.95. The van der Waals surface area contributed by atoms with Crippen molar-refractivity contribution in [3.63, 3.8) is 0 Å². The van der Waals surface area contributed by atoms with E-state index in [9.17, 15) is 0 Å². The van der Waals surface area contributed by atoms with Gasteiger partial charge in [0.05, 0.1) is 7.11 Å². The first-order valence-electron chi connectivity index (χ1n) is 3.42. The molecule has 0 aromatic heterocycles. The predicted molar refractivity (Wildman–Crippen MR) is 44.4 cm³/mol. The van der Waals surface area contributed by atoms with Gasteiger partial charge in [-0.25, -0.2) is 0 Å². The predicted octanol–water partition coefficient (Wildman–Crippen LogP) is 2.02. The summed E-state index contributed by atoms with van der Waals surface area (Å²) in [6, 6.07) is 0. The van der Waals surface area contributed by atoms with Gasteiger partial charge < -0.3 is 4.74 Å². The van der Waals surface area contributed by atoms with Crippen LogP contribution in [0.1, 0.15) is 20.3 Å². The van der Waals surface area contributed by atoms with Crippen LogP contribution in [0.4, 0.5) is 0 Å². The van der Waals surface area contributed by atoms with E-state index in [4.69, 9.17) is 4.74 Å². The molecule has 0 saturated carbocycles. The number of hydrogen-bond donors (Lipinski definition) is 0. The third-order valence-corrected chi connectivity index (χ3v) is 1.36. The van der Waals surface area contributed by atoms with Crippen molar-refractivity contribution in [2.45, 2.75) is 20.3 Å². The molecule has 2 heteroatoms. The first-order chi connectivity index (χ1) is 4.74. The Morgan fingerprint density at radius 2 is 2.20 bits per heavy atom. The van der Waals surface area contributed by atoms with Gasteiger partial charge in [0, 0.05) is 7.05 Å². The second kappa shape index (κ2) is 5.03. The second-order valence-electron chi connectivity index (χ2n) is 2.11. The Hall–Kier alpha value is -0.790. The molecule has 0 atom stereocenters. The molecule has 0 aromatic rings. The van der Waals surface area contributed by atoms with Crippen molar-refractivity contribution >= 4 is 5.90 Å². The minimum absolute atomic E-state index is 0.694. The van der Waals surface area contributed by atoms with Crippen molar-refractivity contribution in [1.29, 1.82) is 0 Å². The van der Waals surface area contributed by atoms with Crippen molar-refractivity contribution in [2.75, 3.05) is 14.2 Å². The lowest BCUT2D eigenvalue weighted by Gasteiger charge is -1.98. The second-order valence-corrected chi connectivity index (χ2v) is 2.11. The van der Waals surface area contributed by atoms with Crippen molar-refractivity contribution in [1.82, 2.24) is 0 Å². The molecule has 0 saturated heterocycles. The zero-order chi connectivity index (χ0) is 7.98. The number of hydrogen-bond acceptors (Lipinski definition) is 2. The van der Waals surface area contributed by atoms with Gasteiger partial charge in [0.1, 0.15) is 0 Å². The van der Waals surface area contributed by atoms with Crippen molar-refractivity contribution in [2.24, 2.45) is 4.99 Å². The Labute approximate surface area is 62.6 Å². The van der Waals surface area contributed by atoms with E-state index in [1.807, 2.05) is 6.08 Å². The molecule has 0 aliphatic carbocycles. The van der Waals surface area contributed by atoms with Crippen molar-refractivity contribution in [3.05, 3.63) is 11.6 Å². The number of rotatable bonds is 2.